The van der Waals surface area contributed by atoms with Crippen LogP contribution in [0.5, 0.6) is 5.75 Å². The van der Waals surface area contributed by atoms with E-state index in [0.717, 1.165) is 16.7 Å². The summed E-state index contributed by atoms with van der Waals surface area (Å²) < 4.78 is 5.83. The SMILES string of the molecule is Cc1ccc(C2/C(=C(\O)c3ccc(OCc4ccccc4)cc3)C(=O)C(=O)N2CCN(C)C)cc1. The molecule has 1 amide bonds. The number of hydrogen-bond donors (Lipinski definition) is 1. The summed E-state index contributed by atoms with van der Waals surface area (Å²) >= 11 is 0. The Balaban J connectivity index is 1.65. The molecule has 0 aromatic heterocycles. The molecule has 1 saturated heterocycles. The number of amides is 1. The number of likely N-dealkylation sites (N-methyl/N-ethyl adjacent to an activating group) is 1. The van der Waals surface area contributed by atoms with Gasteiger partial charge in [-0.2, -0.15) is 0 Å². The molecule has 1 fully saturated rings. The molecule has 0 spiro atoms. The van der Waals surface area contributed by atoms with Gasteiger partial charge in [-0.25, -0.2) is 0 Å². The van der Waals surface area contributed by atoms with Gasteiger partial charge in [-0.3, -0.25) is 9.59 Å². The van der Waals surface area contributed by atoms with Crippen molar-refractivity contribution in [1.29, 1.82) is 0 Å². The lowest BCUT2D eigenvalue weighted by Gasteiger charge is -2.26. The van der Waals surface area contributed by atoms with Crippen molar-refractivity contribution >= 4 is 17.4 Å². The number of likely N-dealkylation sites (tertiary alicyclic amines) is 1. The third-order valence-electron chi connectivity index (χ3n) is 6.10. The number of carbonyl (C=O) groups is 2. The number of aliphatic hydroxyl groups excluding tert-OH is 1. The van der Waals surface area contributed by atoms with Crippen LogP contribution in [0.1, 0.15) is 28.3 Å². The molecule has 4 rings (SSSR count). The number of aliphatic hydroxyl groups is 1. The summed E-state index contributed by atoms with van der Waals surface area (Å²) in [7, 11) is 3.83. The van der Waals surface area contributed by atoms with Gasteiger partial charge in [0.05, 0.1) is 11.6 Å². The minimum Gasteiger partial charge on any atom is -0.507 e. The smallest absolute Gasteiger partial charge is 0.295 e. The van der Waals surface area contributed by atoms with E-state index in [9.17, 15) is 14.7 Å². The van der Waals surface area contributed by atoms with E-state index in [1.165, 1.54) is 0 Å². The van der Waals surface area contributed by atoms with E-state index < -0.39 is 17.7 Å². The number of ketones is 1. The average Bonchev–Trinajstić information content (AvgIpc) is 3.12. The Labute approximate surface area is 206 Å². The number of hydrogen-bond acceptors (Lipinski definition) is 5. The molecule has 0 bridgehead atoms. The van der Waals surface area contributed by atoms with Gasteiger partial charge < -0.3 is 19.6 Å². The van der Waals surface area contributed by atoms with Crippen LogP contribution < -0.4 is 4.74 Å². The van der Waals surface area contributed by atoms with Crippen LogP contribution in [0.15, 0.2) is 84.4 Å². The van der Waals surface area contributed by atoms with Gasteiger partial charge in [0.2, 0.25) is 0 Å². The first kappa shape index (κ1) is 24.2. The third-order valence-corrected chi connectivity index (χ3v) is 6.10. The van der Waals surface area contributed by atoms with E-state index in [1.807, 2.05) is 80.5 Å². The van der Waals surface area contributed by atoms with Crippen molar-refractivity contribution in [3.05, 3.63) is 107 Å². The highest BCUT2D eigenvalue weighted by molar-refractivity contribution is 6.46. The molecule has 1 N–H and O–H groups in total. The zero-order chi connectivity index (χ0) is 24.9. The van der Waals surface area contributed by atoms with Crippen molar-refractivity contribution in [1.82, 2.24) is 9.80 Å². The summed E-state index contributed by atoms with van der Waals surface area (Å²) in [5.41, 5.74) is 3.48. The highest BCUT2D eigenvalue weighted by atomic mass is 16.5. The molecule has 3 aromatic rings. The third kappa shape index (κ3) is 5.44. The average molecular weight is 471 g/mol. The lowest BCUT2D eigenvalue weighted by Crippen LogP contribution is -2.35. The molecule has 1 aliphatic rings. The molecule has 6 nitrogen and oxygen atoms in total. The maximum atomic E-state index is 13.1. The molecule has 0 saturated carbocycles. The number of aryl methyl sites for hydroxylation is 1. The Morgan fingerprint density at radius 3 is 2.23 bits per heavy atom. The van der Waals surface area contributed by atoms with Crippen molar-refractivity contribution in [2.75, 3.05) is 27.2 Å². The zero-order valence-electron chi connectivity index (χ0n) is 20.3. The highest BCUT2D eigenvalue weighted by Gasteiger charge is 2.45. The fourth-order valence-electron chi connectivity index (χ4n) is 4.12. The molecule has 1 aliphatic heterocycles. The Hall–Kier alpha value is -3.90. The quantitative estimate of drug-likeness (QED) is 0.297. The largest absolute Gasteiger partial charge is 0.507 e. The summed E-state index contributed by atoms with van der Waals surface area (Å²) in [6, 6.07) is 23.8. The molecule has 180 valence electrons. The Bertz CT molecular complexity index is 1220. The van der Waals surface area contributed by atoms with Gasteiger partial charge in [-0.15, -0.1) is 0 Å². The number of benzene rings is 3. The Kier molecular flexibility index (Phi) is 7.32. The molecule has 0 aliphatic carbocycles. The number of carbonyl (C=O) groups excluding carboxylic acids is 2. The van der Waals surface area contributed by atoms with E-state index in [2.05, 4.69) is 0 Å². The second-order valence-corrected chi connectivity index (χ2v) is 9.01. The molecule has 1 heterocycles. The molecule has 0 radical (unpaired) electrons. The predicted octanol–water partition coefficient (Wildman–Crippen LogP) is 4.56. The van der Waals surface area contributed by atoms with Gasteiger partial charge >= 0.3 is 0 Å². The second-order valence-electron chi connectivity index (χ2n) is 9.01. The molecule has 6 heteroatoms. The van der Waals surface area contributed by atoms with Crippen LogP contribution in [0, 0.1) is 6.92 Å². The van der Waals surface area contributed by atoms with E-state index in [1.54, 1.807) is 29.2 Å². The summed E-state index contributed by atoms with van der Waals surface area (Å²) in [5.74, 6) is -0.805. The first-order chi connectivity index (χ1) is 16.8. The van der Waals surface area contributed by atoms with Gasteiger partial charge in [0.15, 0.2) is 0 Å². The van der Waals surface area contributed by atoms with Crippen LogP contribution in [0.25, 0.3) is 5.76 Å². The van der Waals surface area contributed by atoms with Crippen molar-refractivity contribution < 1.29 is 19.4 Å². The summed E-state index contributed by atoms with van der Waals surface area (Å²) in [6.45, 7) is 3.38. The number of nitrogens with zero attached hydrogens (tertiary/aromatic N) is 2. The van der Waals surface area contributed by atoms with Crippen molar-refractivity contribution in [2.24, 2.45) is 0 Å². The van der Waals surface area contributed by atoms with Gasteiger partial charge in [0, 0.05) is 18.7 Å². The highest BCUT2D eigenvalue weighted by Crippen LogP contribution is 2.39. The van der Waals surface area contributed by atoms with Crippen LogP contribution in [-0.4, -0.2) is 53.8 Å². The number of Topliss-reactive ketones (excluding diaryl/α,β-unsaturated/α-hetero) is 1. The fourth-order valence-corrected chi connectivity index (χ4v) is 4.12. The van der Waals surface area contributed by atoms with E-state index in [4.69, 9.17) is 4.74 Å². The van der Waals surface area contributed by atoms with E-state index >= 15 is 0 Å². The van der Waals surface area contributed by atoms with Crippen LogP contribution in [0.4, 0.5) is 0 Å². The van der Waals surface area contributed by atoms with Gasteiger partial charge in [-0.05, 0) is 56.4 Å². The minimum absolute atomic E-state index is 0.107. The van der Waals surface area contributed by atoms with Crippen LogP contribution in [0.2, 0.25) is 0 Å². The Morgan fingerprint density at radius 2 is 1.60 bits per heavy atom. The molecule has 3 aromatic carbocycles. The molecule has 1 atom stereocenters. The predicted molar refractivity (Wildman–Crippen MR) is 136 cm³/mol. The standard InChI is InChI=1S/C29H30N2O4/c1-20-9-11-22(12-10-20)26-25(28(33)29(34)31(26)18-17-30(2)3)27(32)23-13-15-24(16-14-23)35-19-21-7-5-4-6-8-21/h4-16,26,32H,17-19H2,1-3H3/b27-25+. The summed E-state index contributed by atoms with van der Waals surface area (Å²) in [6.07, 6.45) is 0. The van der Waals surface area contributed by atoms with Gasteiger partial charge in [-0.1, -0.05) is 60.2 Å². The van der Waals surface area contributed by atoms with E-state index in [-0.39, 0.29) is 11.3 Å². The molecular formula is C29H30N2O4. The van der Waals surface area contributed by atoms with Crippen LogP contribution in [0.3, 0.4) is 0 Å². The van der Waals surface area contributed by atoms with Crippen molar-refractivity contribution in [3.8, 4) is 5.75 Å². The van der Waals surface area contributed by atoms with E-state index in [0.29, 0.717) is 31.0 Å². The molecular weight excluding hydrogens is 440 g/mol. The topological polar surface area (TPSA) is 70.1 Å². The maximum absolute atomic E-state index is 13.1. The lowest BCUT2D eigenvalue weighted by molar-refractivity contribution is -0.140. The lowest BCUT2D eigenvalue weighted by atomic mass is 9.94. The van der Waals surface area contributed by atoms with Gasteiger partial charge in [0.25, 0.3) is 11.7 Å². The summed E-state index contributed by atoms with van der Waals surface area (Å²) in [4.78, 5) is 29.6. The zero-order valence-corrected chi connectivity index (χ0v) is 20.3. The minimum atomic E-state index is -0.670. The number of rotatable bonds is 8. The first-order valence-corrected chi connectivity index (χ1v) is 11.6. The fraction of sp³-hybridized carbons (Fsp3) is 0.241. The molecule has 1 unspecified atom stereocenters. The van der Waals surface area contributed by atoms with Crippen LogP contribution >= 0.6 is 0 Å². The van der Waals surface area contributed by atoms with Crippen molar-refractivity contribution in [3.63, 3.8) is 0 Å². The second kappa shape index (κ2) is 10.6. The summed E-state index contributed by atoms with van der Waals surface area (Å²) in [5, 5.41) is 11.2. The molecule has 35 heavy (non-hydrogen) atoms. The first-order valence-electron chi connectivity index (χ1n) is 11.6. The van der Waals surface area contributed by atoms with Gasteiger partial charge in [0.1, 0.15) is 18.1 Å². The van der Waals surface area contributed by atoms with Crippen molar-refractivity contribution in [2.45, 2.75) is 19.6 Å². The maximum Gasteiger partial charge on any atom is 0.295 e. The Morgan fingerprint density at radius 1 is 0.943 bits per heavy atom. The number of ether oxygens (including phenoxy) is 1. The normalized spacial score (nSPS) is 17.3. The van der Waals surface area contributed by atoms with Crippen LogP contribution in [-0.2, 0) is 16.2 Å². The monoisotopic (exact) mass is 470 g/mol.